The van der Waals surface area contributed by atoms with E-state index in [2.05, 4.69) is 18.9 Å². The number of hydrogen-bond acceptors (Lipinski definition) is 7. The van der Waals surface area contributed by atoms with Gasteiger partial charge in [0.1, 0.15) is 11.4 Å². The van der Waals surface area contributed by atoms with Crippen LogP contribution in [-0.4, -0.2) is 61.3 Å². The standard InChI is InChI=1S/C22H30N4O4S2/c1-5-31-22(32-6-2)18-8-7-13-24(18)21(27)19-20(26(28)29)15(3)25(23-19)14-16-9-11-17(30-4)12-10-16/h9-12,18,22H,5-8,13-14H2,1-4H3/t18-/m0/s1. The second-order valence-electron chi connectivity index (χ2n) is 7.53. The third-order valence-corrected chi connectivity index (χ3v) is 8.36. The normalized spacial score (nSPS) is 16.0. The Labute approximate surface area is 197 Å². The number of thioether (sulfide) groups is 2. The summed E-state index contributed by atoms with van der Waals surface area (Å²) in [5.41, 5.74) is 1.04. The van der Waals surface area contributed by atoms with Gasteiger partial charge in [0, 0.05) is 6.54 Å². The lowest BCUT2D eigenvalue weighted by atomic mass is 10.2. The van der Waals surface area contributed by atoms with E-state index < -0.39 is 4.92 Å². The summed E-state index contributed by atoms with van der Waals surface area (Å²) in [6.45, 7) is 6.83. The first-order chi connectivity index (χ1) is 15.4. The van der Waals surface area contributed by atoms with Gasteiger partial charge in [0.25, 0.3) is 5.91 Å². The average molecular weight is 479 g/mol. The van der Waals surface area contributed by atoms with Crippen LogP contribution in [0.4, 0.5) is 5.69 Å². The van der Waals surface area contributed by atoms with Gasteiger partial charge in [-0.25, -0.2) is 0 Å². The summed E-state index contributed by atoms with van der Waals surface area (Å²) in [4.78, 5) is 26.7. The first-order valence-electron chi connectivity index (χ1n) is 10.8. The van der Waals surface area contributed by atoms with Crippen molar-refractivity contribution in [2.75, 3.05) is 25.2 Å². The number of amides is 1. The zero-order chi connectivity index (χ0) is 23.3. The highest BCUT2D eigenvalue weighted by Crippen LogP contribution is 2.36. The van der Waals surface area contributed by atoms with E-state index in [-0.39, 0.29) is 27.9 Å². The fourth-order valence-corrected chi connectivity index (χ4v) is 6.89. The van der Waals surface area contributed by atoms with Gasteiger partial charge < -0.3 is 9.64 Å². The van der Waals surface area contributed by atoms with Crippen LogP contribution < -0.4 is 4.74 Å². The number of carbonyl (C=O) groups excluding carboxylic acids is 1. The van der Waals surface area contributed by atoms with Crippen LogP contribution in [-0.2, 0) is 6.54 Å². The Morgan fingerprint density at radius 1 is 1.28 bits per heavy atom. The van der Waals surface area contributed by atoms with Crippen LogP contribution in [0.3, 0.4) is 0 Å². The van der Waals surface area contributed by atoms with E-state index in [4.69, 9.17) is 4.74 Å². The number of benzene rings is 1. The number of carbonyl (C=O) groups is 1. The SMILES string of the molecule is CCSC(SCC)[C@@H]1CCCN1C(=O)c1nn(Cc2ccc(OC)cc2)c(C)c1[N+](=O)[O-]. The van der Waals surface area contributed by atoms with Crippen molar-refractivity contribution < 1.29 is 14.5 Å². The topological polar surface area (TPSA) is 90.5 Å². The van der Waals surface area contributed by atoms with Gasteiger partial charge in [0.15, 0.2) is 0 Å². The molecule has 2 heterocycles. The van der Waals surface area contributed by atoms with Crippen molar-refractivity contribution in [3.8, 4) is 5.75 Å². The zero-order valence-corrected chi connectivity index (χ0v) is 20.6. The molecule has 2 aromatic rings. The van der Waals surface area contributed by atoms with Gasteiger partial charge in [-0.1, -0.05) is 26.0 Å². The summed E-state index contributed by atoms with van der Waals surface area (Å²) in [6.07, 6.45) is 1.82. The van der Waals surface area contributed by atoms with Crippen LogP contribution in [0.2, 0.25) is 0 Å². The minimum absolute atomic E-state index is 0.0593. The number of aromatic nitrogens is 2. The van der Waals surface area contributed by atoms with Gasteiger partial charge >= 0.3 is 5.69 Å². The lowest BCUT2D eigenvalue weighted by Crippen LogP contribution is -2.41. The zero-order valence-electron chi connectivity index (χ0n) is 18.9. The summed E-state index contributed by atoms with van der Waals surface area (Å²) >= 11 is 3.68. The predicted molar refractivity (Wildman–Crippen MR) is 130 cm³/mol. The second-order valence-corrected chi connectivity index (χ2v) is 10.7. The van der Waals surface area contributed by atoms with Crippen molar-refractivity contribution in [3.05, 3.63) is 51.3 Å². The Kier molecular flexibility index (Phi) is 8.47. The van der Waals surface area contributed by atoms with Gasteiger partial charge in [0.2, 0.25) is 5.69 Å². The molecule has 1 atom stereocenters. The second kappa shape index (κ2) is 11.1. The Morgan fingerprint density at radius 3 is 2.50 bits per heavy atom. The highest BCUT2D eigenvalue weighted by Gasteiger charge is 2.40. The molecule has 0 saturated carbocycles. The molecule has 1 aromatic heterocycles. The van der Waals surface area contributed by atoms with E-state index in [0.717, 1.165) is 35.7 Å². The van der Waals surface area contributed by atoms with Crippen molar-refractivity contribution in [3.63, 3.8) is 0 Å². The molecule has 1 fully saturated rings. The monoisotopic (exact) mass is 478 g/mol. The van der Waals surface area contributed by atoms with Gasteiger partial charge in [-0.05, 0) is 49.0 Å². The molecule has 0 unspecified atom stereocenters. The number of rotatable bonds is 10. The van der Waals surface area contributed by atoms with Crippen molar-refractivity contribution in [2.24, 2.45) is 0 Å². The van der Waals surface area contributed by atoms with Gasteiger partial charge in [0.05, 0.1) is 29.2 Å². The number of nitro groups is 1. The molecule has 1 aliphatic rings. The van der Waals surface area contributed by atoms with Crippen molar-refractivity contribution in [1.82, 2.24) is 14.7 Å². The maximum Gasteiger partial charge on any atom is 0.322 e. The third-order valence-electron chi connectivity index (χ3n) is 5.59. The number of methoxy groups -OCH3 is 1. The third kappa shape index (κ3) is 5.23. The largest absolute Gasteiger partial charge is 0.497 e. The van der Waals surface area contributed by atoms with E-state index in [0.29, 0.717) is 18.8 Å². The van der Waals surface area contributed by atoms with Gasteiger partial charge in [-0.15, -0.1) is 23.5 Å². The minimum atomic E-state index is -0.482. The predicted octanol–water partition coefficient (Wildman–Crippen LogP) is 4.59. The maximum absolute atomic E-state index is 13.5. The average Bonchev–Trinajstić information content (AvgIpc) is 3.39. The molecule has 0 bridgehead atoms. The molecule has 0 radical (unpaired) electrons. The summed E-state index contributed by atoms with van der Waals surface area (Å²) < 4.78 is 7.00. The Morgan fingerprint density at radius 2 is 1.94 bits per heavy atom. The molecule has 3 rings (SSSR count). The summed E-state index contributed by atoms with van der Waals surface area (Å²) in [7, 11) is 1.60. The number of nitrogens with zero attached hydrogens (tertiary/aromatic N) is 4. The molecule has 32 heavy (non-hydrogen) atoms. The summed E-state index contributed by atoms with van der Waals surface area (Å²) in [5, 5.41) is 16.3. The van der Waals surface area contributed by atoms with Crippen molar-refractivity contribution in [1.29, 1.82) is 0 Å². The fraction of sp³-hybridized carbons (Fsp3) is 0.545. The molecule has 0 aliphatic carbocycles. The Hall–Kier alpha value is -2.20. The molecule has 0 spiro atoms. The number of ether oxygens (including phenoxy) is 1. The number of likely N-dealkylation sites (tertiary alicyclic amines) is 1. The first-order valence-corrected chi connectivity index (χ1v) is 12.9. The quantitative estimate of drug-likeness (QED) is 0.280. The lowest BCUT2D eigenvalue weighted by molar-refractivity contribution is -0.385. The van der Waals surface area contributed by atoms with Crippen LogP contribution in [0.15, 0.2) is 24.3 Å². The van der Waals surface area contributed by atoms with E-state index in [9.17, 15) is 14.9 Å². The van der Waals surface area contributed by atoms with E-state index >= 15 is 0 Å². The van der Waals surface area contributed by atoms with E-state index in [1.165, 1.54) is 0 Å². The molecule has 8 nitrogen and oxygen atoms in total. The highest BCUT2D eigenvalue weighted by molar-refractivity contribution is 8.17. The molecule has 10 heteroatoms. The first kappa shape index (κ1) is 24.4. The van der Waals surface area contributed by atoms with Gasteiger partial charge in [-0.2, -0.15) is 5.10 Å². The van der Waals surface area contributed by atoms with E-state index in [1.54, 1.807) is 18.7 Å². The van der Waals surface area contributed by atoms with Crippen LogP contribution >= 0.6 is 23.5 Å². The molecule has 0 N–H and O–H groups in total. The molecule has 1 aromatic carbocycles. The highest BCUT2D eigenvalue weighted by atomic mass is 32.2. The summed E-state index contributed by atoms with van der Waals surface area (Å²) in [6, 6.07) is 7.50. The molecular weight excluding hydrogens is 448 g/mol. The van der Waals surface area contributed by atoms with Crippen LogP contribution in [0.25, 0.3) is 0 Å². The molecule has 174 valence electrons. The number of hydrogen-bond donors (Lipinski definition) is 0. The van der Waals surface area contributed by atoms with Crippen LogP contribution in [0.1, 0.15) is 48.4 Å². The molecular formula is C22H30N4O4S2. The summed E-state index contributed by atoms with van der Waals surface area (Å²) in [5.74, 6) is 2.32. The minimum Gasteiger partial charge on any atom is -0.497 e. The van der Waals surface area contributed by atoms with Gasteiger partial charge in [-0.3, -0.25) is 19.6 Å². The van der Waals surface area contributed by atoms with Crippen molar-refractivity contribution in [2.45, 2.75) is 50.8 Å². The molecule has 1 amide bonds. The van der Waals surface area contributed by atoms with E-state index in [1.807, 2.05) is 52.7 Å². The molecule has 1 saturated heterocycles. The van der Waals surface area contributed by atoms with Crippen LogP contribution in [0.5, 0.6) is 5.75 Å². The van der Waals surface area contributed by atoms with Crippen molar-refractivity contribution >= 4 is 35.1 Å². The Balaban J connectivity index is 1.91. The lowest BCUT2D eigenvalue weighted by Gasteiger charge is -2.30. The Bertz CT molecular complexity index is 942. The molecule has 1 aliphatic heterocycles. The van der Waals surface area contributed by atoms with Crippen LogP contribution in [0, 0.1) is 17.0 Å². The smallest absolute Gasteiger partial charge is 0.322 e. The maximum atomic E-state index is 13.5. The fourth-order valence-electron chi connectivity index (χ4n) is 4.02.